The third-order valence-corrected chi connectivity index (χ3v) is 7.01. The molecule has 1 saturated heterocycles. The van der Waals surface area contributed by atoms with E-state index in [2.05, 4.69) is 19.2 Å². The van der Waals surface area contributed by atoms with E-state index >= 15 is 0 Å². The molecule has 0 spiro atoms. The van der Waals surface area contributed by atoms with Gasteiger partial charge in [-0.2, -0.15) is 4.31 Å². The van der Waals surface area contributed by atoms with E-state index in [0.717, 1.165) is 36.1 Å². The Morgan fingerprint density at radius 3 is 2.29 bits per heavy atom. The van der Waals surface area contributed by atoms with Gasteiger partial charge in [-0.15, -0.1) is 0 Å². The molecule has 0 aliphatic carbocycles. The van der Waals surface area contributed by atoms with E-state index in [1.807, 2.05) is 24.3 Å². The van der Waals surface area contributed by atoms with E-state index in [1.165, 1.54) is 0 Å². The summed E-state index contributed by atoms with van der Waals surface area (Å²) in [5, 5.41) is 2.97. The van der Waals surface area contributed by atoms with Crippen LogP contribution in [0.2, 0.25) is 0 Å². The molecule has 1 heterocycles. The molecule has 0 unspecified atom stereocenters. The van der Waals surface area contributed by atoms with E-state index in [-0.39, 0.29) is 12.3 Å². The van der Waals surface area contributed by atoms with Gasteiger partial charge in [0.1, 0.15) is 0 Å². The number of nitrogens with one attached hydrogen (secondary N) is 1. The Morgan fingerprint density at radius 2 is 1.64 bits per heavy atom. The van der Waals surface area contributed by atoms with Crippen LogP contribution in [0.25, 0.3) is 0 Å². The smallest absolute Gasteiger partial charge is 0.243 e. The van der Waals surface area contributed by atoms with Crippen molar-refractivity contribution in [2.75, 3.05) is 18.4 Å². The van der Waals surface area contributed by atoms with Gasteiger partial charge in [-0.1, -0.05) is 50.6 Å². The molecule has 150 valence electrons. The molecule has 0 saturated carbocycles. The lowest BCUT2D eigenvalue weighted by molar-refractivity contribution is -0.115. The Hall–Kier alpha value is -2.18. The van der Waals surface area contributed by atoms with E-state index in [0.29, 0.717) is 23.9 Å². The van der Waals surface area contributed by atoms with E-state index < -0.39 is 10.0 Å². The van der Waals surface area contributed by atoms with Crippen molar-refractivity contribution in [2.24, 2.45) is 0 Å². The summed E-state index contributed by atoms with van der Waals surface area (Å²) in [4.78, 5) is 12.7. The normalized spacial score (nSPS) is 15.5. The number of carbonyl (C=O) groups is 1. The van der Waals surface area contributed by atoms with Gasteiger partial charge in [-0.3, -0.25) is 4.79 Å². The molecule has 1 fully saturated rings. The lowest BCUT2D eigenvalue weighted by Gasteiger charge is -2.25. The SMILES string of the molecule is CC(C)c1ccccc1NC(=O)Cc1ccc(S(=O)(=O)N2CCCCC2)cc1. The molecule has 2 aromatic rings. The molecule has 1 aliphatic rings. The number of hydrogen-bond acceptors (Lipinski definition) is 3. The van der Waals surface area contributed by atoms with E-state index in [1.54, 1.807) is 28.6 Å². The lowest BCUT2D eigenvalue weighted by atomic mass is 10.0. The van der Waals surface area contributed by atoms with Crippen LogP contribution in [0, 0.1) is 0 Å². The Balaban J connectivity index is 1.67. The predicted molar refractivity (Wildman–Crippen MR) is 112 cm³/mol. The van der Waals surface area contributed by atoms with E-state index in [4.69, 9.17) is 0 Å². The maximum Gasteiger partial charge on any atom is 0.243 e. The fourth-order valence-electron chi connectivity index (χ4n) is 3.53. The second-order valence-electron chi connectivity index (χ2n) is 7.58. The highest BCUT2D eigenvalue weighted by atomic mass is 32.2. The molecule has 1 N–H and O–H groups in total. The van der Waals surface area contributed by atoms with Gasteiger partial charge in [-0.25, -0.2) is 8.42 Å². The van der Waals surface area contributed by atoms with Crippen LogP contribution in [0.4, 0.5) is 5.69 Å². The number of para-hydroxylation sites is 1. The first-order valence-corrected chi connectivity index (χ1v) is 11.3. The second-order valence-corrected chi connectivity index (χ2v) is 9.51. The average Bonchev–Trinajstić information content (AvgIpc) is 2.69. The molecule has 1 aliphatic heterocycles. The summed E-state index contributed by atoms with van der Waals surface area (Å²) in [5.74, 6) is 0.204. The van der Waals surface area contributed by atoms with Gasteiger partial charge in [0.25, 0.3) is 0 Å². The van der Waals surface area contributed by atoms with Crippen LogP contribution in [0.3, 0.4) is 0 Å². The number of benzene rings is 2. The molecular weight excluding hydrogens is 372 g/mol. The van der Waals surface area contributed by atoms with Gasteiger partial charge in [0.05, 0.1) is 11.3 Å². The minimum atomic E-state index is -3.44. The standard InChI is InChI=1S/C22H28N2O3S/c1-17(2)20-8-4-5-9-21(20)23-22(25)16-18-10-12-19(13-11-18)28(26,27)24-14-6-3-7-15-24/h4-5,8-13,17H,3,6-7,14-16H2,1-2H3,(H,23,25). The van der Waals surface area contributed by atoms with Crippen molar-refractivity contribution in [3.63, 3.8) is 0 Å². The van der Waals surface area contributed by atoms with Gasteiger partial charge in [-0.05, 0) is 48.1 Å². The Bertz CT molecular complexity index is 915. The summed E-state index contributed by atoms with van der Waals surface area (Å²) in [5.41, 5.74) is 2.71. The third-order valence-electron chi connectivity index (χ3n) is 5.10. The zero-order chi connectivity index (χ0) is 20.1. The van der Waals surface area contributed by atoms with Gasteiger partial charge in [0.2, 0.25) is 15.9 Å². The van der Waals surface area contributed by atoms with E-state index in [9.17, 15) is 13.2 Å². The molecule has 5 nitrogen and oxygen atoms in total. The molecule has 6 heteroatoms. The van der Waals surface area contributed by atoms with Crippen molar-refractivity contribution in [3.8, 4) is 0 Å². The summed E-state index contributed by atoms with van der Waals surface area (Å²) in [6.07, 6.45) is 3.11. The van der Waals surface area contributed by atoms with Crippen LogP contribution < -0.4 is 5.32 Å². The number of sulfonamides is 1. The van der Waals surface area contributed by atoms with Crippen LogP contribution in [-0.4, -0.2) is 31.7 Å². The Labute approximate surface area is 167 Å². The fourth-order valence-corrected chi connectivity index (χ4v) is 5.04. The minimum Gasteiger partial charge on any atom is -0.326 e. The van der Waals surface area contributed by atoms with Crippen LogP contribution in [0.1, 0.15) is 50.2 Å². The number of amides is 1. The van der Waals surface area contributed by atoms with Gasteiger partial charge in [0.15, 0.2) is 0 Å². The lowest BCUT2D eigenvalue weighted by Crippen LogP contribution is -2.35. The molecule has 28 heavy (non-hydrogen) atoms. The number of anilines is 1. The molecule has 0 radical (unpaired) electrons. The first-order valence-electron chi connectivity index (χ1n) is 9.86. The topological polar surface area (TPSA) is 66.5 Å². The van der Waals surface area contributed by atoms with Crippen molar-refractivity contribution in [3.05, 3.63) is 59.7 Å². The molecule has 2 aromatic carbocycles. The first-order chi connectivity index (χ1) is 13.4. The fraction of sp³-hybridized carbons (Fsp3) is 0.409. The highest BCUT2D eigenvalue weighted by Gasteiger charge is 2.25. The highest BCUT2D eigenvalue weighted by molar-refractivity contribution is 7.89. The Kier molecular flexibility index (Phi) is 6.52. The zero-order valence-corrected chi connectivity index (χ0v) is 17.3. The highest BCUT2D eigenvalue weighted by Crippen LogP contribution is 2.24. The summed E-state index contributed by atoms with van der Waals surface area (Å²) in [7, 11) is -3.44. The van der Waals surface area contributed by atoms with Crippen molar-refractivity contribution in [1.29, 1.82) is 0 Å². The number of carbonyl (C=O) groups excluding carboxylic acids is 1. The van der Waals surface area contributed by atoms with Crippen LogP contribution >= 0.6 is 0 Å². The number of nitrogens with zero attached hydrogens (tertiary/aromatic N) is 1. The van der Waals surface area contributed by atoms with Gasteiger partial charge in [0, 0.05) is 18.8 Å². The maximum absolute atomic E-state index is 12.7. The van der Waals surface area contributed by atoms with Gasteiger partial charge >= 0.3 is 0 Å². The van der Waals surface area contributed by atoms with Crippen molar-refractivity contribution >= 4 is 21.6 Å². The average molecular weight is 401 g/mol. The molecule has 1 amide bonds. The molecule has 0 atom stereocenters. The van der Waals surface area contributed by atoms with Crippen molar-refractivity contribution in [2.45, 2.75) is 50.3 Å². The number of hydrogen-bond donors (Lipinski definition) is 1. The molecular formula is C22H28N2O3S. The van der Waals surface area contributed by atoms with Crippen molar-refractivity contribution < 1.29 is 13.2 Å². The second kappa shape index (κ2) is 8.88. The van der Waals surface area contributed by atoms with Crippen LogP contribution in [0.15, 0.2) is 53.4 Å². The van der Waals surface area contributed by atoms with Crippen LogP contribution in [0.5, 0.6) is 0 Å². The summed E-state index contributed by atoms with van der Waals surface area (Å²) in [6.45, 7) is 5.35. The first kappa shape index (κ1) is 20.6. The Morgan fingerprint density at radius 1 is 1.00 bits per heavy atom. The van der Waals surface area contributed by atoms with Crippen LogP contribution in [-0.2, 0) is 21.2 Å². The largest absolute Gasteiger partial charge is 0.326 e. The van der Waals surface area contributed by atoms with Crippen molar-refractivity contribution in [1.82, 2.24) is 4.31 Å². The quantitative estimate of drug-likeness (QED) is 0.791. The number of rotatable bonds is 6. The maximum atomic E-state index is 12.7. The third kappa shape index (κ3) is 4.80. The minimum absolute atomic E-state index is 0.111. The summed E-state index contributed by atoms with van der Waals surface area (Å²) >= 11 is 0. The zero-order valence-electron chi connectivity index (χ0n) is 16.5. The van der Waals surface area contributed by atoms with Gasteiger partial charge < -0.3 is 5.32 Å². The molecule has 3 rings (SSSR count). The monoisotopic (exact) mass is 400 g/mol. The molecule has 0 bridgehead atoms. The number of piperidine rings is 1. The predicted octanol–water partition coefficient (Wildman–Crippen LogP) is 4.17. The molecule has 0 aromatic heterocycles. The summed E-state index contributed by atoms with van der Waals surface area (Å²) in [6, 6.07) is 14.5. The summed E-state index contributed by atoms with van der Waals surface area (Å²) < 4.78 is 27.0.